The van der Waals surface area contributed by atoms with Crippen molar-refractivity contribution in [2.24, 2.45) is 15.8 Å². The smallest absolute Gasteiger partial charge is 0.135 e. The van der Waals surface area contributed by atoms with Crippen molar-refractivity contribution in [1.29, 1.82) is 0 Å². The first-order valence-electron chi connectivity index (χ1n) is 10.2. The molecule has 0 atom stereocenters. The van der Waals surface area contributed by atoms with Gasteiger partial charge in [-0.15, -0.1) is 0 Å². The van der Waals surface area contributed by atoms with Gasteiger partial charge >= 0.3 is 0 Å². The van der Waals surface area contributed by atoms with Crippen LogP contribution in [0.25, 0.3) is 10.9 Å². The van der Waals surface area contributed by atoms with Crippen LogP contribution in [0.2, 0.25) is 0 Å². The normalized spacial score (nSPS) is 39.4. The molecular formula is C23H26N4O. The van der Waals surface area contributed by atoms with Crippen molar-refractivity contribution in [3.63, 3.8) is 0 Å². The molecule has 0 unspecified atom stereocenters. The van der Waals surface area contributed by atoms with Gasteiger partial charge in [-0.2, -0.15) is 0 Å². The van der Waals surface area contributed by atoms with E-state index in [1.54, 1.807) is 6.26 Å². The van der Waals surface area contributed by atoms with Crippen molar-refractivity contribution >= 4 is 17.1 Å². The molecule has 0 radical (unpaired) electrons. The second kappa shape index (κ2) is 5.58. The van der Waals surface area contributed by atoms with Crippen LogP contribution in [-0.2, 0) is 0 Å². The zero-order chi connectivity index (χ0) is 18.9. The van der Waals surface area contributed by atoms with E-state index < -0.39 is 0 Å². The molecular weight excluding hydrogens is 348 g/mol. The van der Waals surface area contributed by atoms with E-state index in [9.17, 15) is 0 Å². The average Bonchev–Trinajstić information content (AvgIpc) is 3.30. The van der Waals surface area contributed by atoms with Crippen LogP contribution in [0.4, 0.5) is 0 Å². The monoisotopic (exact) mass is 374 g/mol. The van der Waals surface area contributed by atoms with Crippen molar-refractivity contribution < 1.29 is 4.42 Å². The zero-order valence-corrected chi connectivity index (χ0v) is 16.4. The van der Waals surface area contributed by atoms with E-state index in [-0.39, 0.29) is 17.0 Å². The number of H-pyrrole nitrogens is 1. The molecule has 4 saturated heterocycles. The fourth-order valence-electron chi connectivity index (χ4n) is 6.35. The number of rotatable bonds is 3. The molecule has 2 aromatic heterocycles. The van der Waals surface area contributed by atoms with Gasteiger partial charge in [-0.1, -0.05) is 32.0 Å². The first kappa shape index (κ1) is 16.6. The van der Waals surface area contributed by atoms with Crippen LogP contribution in [0.3, 0.4) is 0 Å². The Bertz CT molecular complexity index is 1010. The summed E-state index contributed by atoms with van der Waals surface area (Å²) in [7, 11) is 0. The lowest BCUT2D eigenvalue weighted by Crippen LogP contribution is -2.76. The quantitative estimate of drug-likeness (QED) is 0.707. The predicted octanol–water partition coefficient (Wildman–Crippen LogP) is 3.90. The van der Waals surface area contributed by atoms with Gasteiger partial charge in [0.1, 0.15) is 11.9 Å². The van der Waals surface area contributed by atoms with Crippen molar-refractivity contribution in [1.82, 2.24) is 14.8 Å². The third-order valence-corrected chi connectivity index (χ3v) is 7.05. The number of fused-ring (bicyclic) bond motifs is 1. The summed E-state index contributed by atoms with van der Waals surface area (Å²) in [4.78, 5) is 13.8. The van der Waals surface area contributed by atoms with Crippen LogP contribution >= 0.6 is 0 Å². The maximum Gasteiger partial charge on any atom is 0.135 e. The average molecular weight is 374 g/mol. The predicted molar refractivity (Wildman–Crippen MR) is 110 cm³/mol. The molecule has 0 spiro atoms. The molecule has 5 heteroatoms. The second-order valence-corrected chi connectivity index (χ2v) is 9.48. The van der Waals surface area contributed by atoms with Crippen molar-refractivity contribution in [3.8, 4) is 0 Å². The Labute approximate surface area is 165 Å². The first-order valence-corrected chi connectivity index (χ1v) is 10.2. The van der Waals surface area contributed by atoms with Crippen molar-refractivity contribution in [2.45, 2.75) is 26.1 Å². The third-order valence-electron chi connectivity index (χ3n) is 7.05. The van der Waals surface area contributed by atoms with Crippen molar-refractivity contribution in [3.05, 3.63) is 60.2 Å². The maximum atomic E-state index is 5.77. The Hall–Kier alpha value is -2.37. The van der Waals surface area contributed by atoms with E-state index in [1.165, 1.54) is 16.5 Å². The summed E-state index contributed by atoms with van der Waals surface area (Å²) in [6, 6.07) is 12.9. The largest absolute Gasteiger partial charge is 0.466 e. The number of para-hydroxylation sites is 1. The molecule has 0 amide bonds. The number of aromatic nitrogens is 1. The Morgan fingerprint density at radius 3 is 2.43 bits per heavy atom. The molecule has 6 heterocycles. The highest BCUT2D eigenvalue weighted by Crippen LogP contribution is 2.55. The third kappa shape index (κ3) is 2.23. The standard InChI is InChI=1S/C23H26N4O/c1-22-12-26-14-23(2,15-27(13-22)20(26)19-8-5-9-28-19)21(22)25-11-16-10-24-18-7-4-3-6-17(16)18/h3-11,20-21,24H,12-15H2,1-2H3. The molecule has 4 aliphatic rings. The van der Waals surface area contributed by atoms with Gasteiger partial charge in [0.05, 0.1) is 12.3 Å². The zero-order valence-electron chi connectivity index (χ0n) is 16.4. The van der Waals surface area contributed by atoms with Gasteiger partial charge < -0.3 is 9.40 Å². The van der Waals surface area contributed by atoms with Crippen LogP contribution in [0.5, 0.6) is 0 Å². The highest BCUT2D eigenvalue weighted by molar-refractivity contribution is 5.99. The number of aromatic amines is 1. The number of aliphatic imine (C=N–C) groups is 1. The molecule has 0 saturated carbocycles. The van der Waals surface area contributed by atoms with E-state index in [4.69, 9.17) is 9.41 Å². The number of nitrogens with one attached hydrogen (secondary N) is 1. The minimum Gasteiger partial charge on any atom is -0.466 e. The van der Waals surface area contributed by atoms with Gasteiger partial charge in [-0.05, 0) is 18.2 Å². The van der Waals surface area contributed by atoms with Gasteiger partial charge in [0.25, 0.3) is 0 Å². The fraction of sp³-hybridized carbons (Fsp3) is 0.435. The molecule has 28 heavy (non-hydrogen) atoms. The second-order valence-electron chi connectivity index (χ2n) is 9.48. The number of furan rings is 1. The van der Waals surface area contributed by atoms with E-state index in [0.29, 0.717) is 6.04 Å². The first-order chi connectivity index (χ1) is 13.6. The van der Waals surface area contributed by atoms with Crippen molar-refractivity contribution in [2.75, 3.05) is 26.2 Å². The number of hydrogen-bond acceptors (Lipinski definition) is 4. The molecule has 1 aromatic carbocycles. The number of nitrogens with zero attached hydrogens (tertiary/aromatic N) is 3. The summed E-state index contributed by atoms with van der Waals surface area (Å²) in [6.45, 7) is 9.11. The van der Waals surface area contributed by atoms with Crippen LogP contribution in [-0.4, -0.2) is 53.2 Å². The highest BCUT2D eigenvalue weighted by atomic mass is 16.3. The Balaban J connectivity index is 1.33. The van der Waals surface area contributed by atoms with E-state index in [2.05, 4.69) is 71.4 Å². The number of hydrogen-bond donors (Lipinski definition) is 1. The molecule has 0 aliphatic carbocycles. The summed E-state index contributed by atoms with van der Waals surface area (Å²) in [5.41, 5.74) is 2.68. The van der Waals surface area contributed by atoms with Crippen LogP contribution in [0.1, 0.15) is 31.3 Å². The Kier molecular flexibility index (Phi) is 3.30. The summed E-state index contributed by atoms with van der Waals surface area (Å²) in [6.07, 6.45) is 6.27. The van der Waals surface area contributed by atoms with Crippen LogP contribution in [0.15, 0.2) is 58.3 Å². The minimum absolute atomic E-state index is 0.164. The lowest BCUT2D eigenvalue weighted by molar-refractivity contribution is -0.209. The van der Waals surface area contributed by atoms with Gasteiger partial charge in [0, 0.05) is 65.9 Å². The number of piperidine rings is 2. The molecule has 7 rings (SSSR count). The molecule has 5 nitrogen and oxygen atoms in total. The summed E-state index contributed by atoms with van der Waals surface area (Å²) >= 11 is 0. The van der Waals surface area contributed by atoms with E-state index >= 15 is 0 Å². The highest BCUT2D eigenvalue weighted by Gasteiger charge is 2.62. The molecule has 4 bridgehead atoms. The lowest BCUT2D eigenvalue weighted by atomic mass is 9.59. The summed E-state index contributed by atoms with van der Waals surface area (Å²) < 4.78 is 5.77. The fourth-order valence-corrected chi connectivity index (χ4v) is 6.35. The van der Waals surface area contributed by atoms with Gasteiger partial charge in [0.2, 0.25) is 0 Å². The molecule has 4 aliphatic heterocycles. The number of benzene rings is 1. The summed E-state index contributed by atoms with van der Waals surface area (Å²) in [5.74, 6) is 1.07. The van der Waals surface area contributed by atoms with Gasteiger partial charge in [0.15, 0.2) is 0 Å². The van der Waals surface area contributed by atoms with Gasteiger partial charge in [-0.25, -0.2) is 0 Å². The molecule has 1 N–H and O–H groups in total. The van der Waals surface area contributed by atoms with Gasteiger partial charge in [-0.3, -0.25) is 14.8 Å². The Morgan fingerprint density at radius 1 is 1.04 bits per heavy atom. The minimum atomic E-state index is 0.164. The molecule has 3 aromatic rings. The maximum absolute atomic E-state index is 5.77. The molecule has 144 valence electrons. The van der Waals surface area contributed by atoms with Crippen LogP contribution in [0, 0.1) is 10.8 Å². The lowest BCUT2D eigenvalue weighted by Gasteiger charge is -2.68. The SMILES string of the molecule is CC12CN3CC(C)(CN(C1)C3c1ccco1)C2N=Cc1c[nH]c2ccccc12. The van der Waals surface area contributed by atoms with E-state index in [0.717, 1.165) is 31.9 Å². The topological polar surface area (TPSA) is 47.8 Å². The summed E-state index contributed by atoms with van der Waals surface area (Å²) in [5, 5.41) is 1.25. The molecule has 4 fully saturated rings. The van der Waals surface area contributed by atoms with Crippen LogP contribution < -0.4 is 0 Å². The Morgan fingerprint density at radius 2 is 1.75 bits per heavy atom. The van der Waals surface area contributed by atoms with E-state index in [1.807, 2.05) is 6.07 Å².